The van der Waals surface area contributed by atoms with Gasteiger partial charge in [0.1, 0.15) is 0 Å². The molecule has 1 fully saturated rings. The molecule has 0 unspecified atom stereocenters. The topological polar surface area (TPSA) is 73.2 Å². The molecule has 0 saturated carbocycles. The van der Waals surface area contributed by atoms with Crippen molar-refractivity contribution >= 4 is 5.91 Å². The quantitative estimate of drug-likeness (QED) is 0.723. The first-order valence-corrected chi connectivity index (χ1v) is 8.92. The normalized spacial score (nSPS) is 20.8. The zero-order chi connectivity index (χ0) is 18.2. The lowest BCUT2D eigenvalue weighted by molar-refractivity contribution is -0.132. The second-order valence-electron chi connectivity index (χ2n) is 7.14. The van der Waals surface area contributed by atoms with E-state index in [2.05, 4.69) is 13.8 Å². The Morgan fingerprint density at radius 2 is 1.92 bits per heavy atom. The predicted molar refractivity (Wildman–Crippen MR) is 96.0 cm³/mol. The summed E-state index contributed by atoms with van der Waals surface area (Å²) in [7, 11) is 0. The van der Waals surface area contributed by atoms with Crippen molar-refractivity contribution in [1.82, 2.24) is 9.80 Å². The van der Waals surface area contributed by atoms with E-state index >= 15 is 0 Å². The molecule has 25 heavy (non-hydrogen) atoms. The second kappa shape index (κ2) is 9.87. The molecule has 1 saturated heterocycles. The number of amides is 1. The van der Waals surface area contributed by atoms with Gasteiger partial charge in [0.25, 0.3) is 0 Å². The fourth-order valence-electron chi connectivity index (χ4n) is 3.05. The van der Waals surface area contributed by atoms with Gasteiger partial charge in [-0.15, -0.1) is 0 Å². The van der Waals surface area contributed by atoms with Gasteiger partial charge in [-0.2, -0.15) is 0 Å². The first-order valence-electron chi connectivity index (χ1n) is 8.92. The van der Waals surface area contributed by atoms with Gasteiger partial charge in [-0.05, 0) is 11.5 Å². The monoisotopic (exact) mass is 350 g/mol. The minimum atomic E-state index is -0.848. The summed E-state index contributed by atoms with van der Waals surface area (Å²) < 4.78 is 6.07. The van der Waals surface area contributed by atoms with Crippen molar-refractivity contribution in [2.24, 2.45) is 5.92 Å². The van der Waals surface area contributed by atoms with Gasteiger partial charge in [-0.1, -0.05) is 44.2 Å². The third-order valence-electron chi connectivity index (χ3n) is 4.19. The summed E-state index contributed by atoms with van der Waals surface area (Å²) in [5, 5.41) is 18.8. The Bertz CT molecular complexity index is 523. The van der Waals surface area contributed by atoms with Crippen LogP contribution in [-0.4, -0.2) is 77.5 Å². The van der Waals surface area contributed by atoms with E-state index in [4.69, 9.17) is 9.84 Å². The van der Waals surface area contributed by atoms with Gasteiger partial charge < -0.3 is 19.8 Å². The molecule has 0 radical (unpaired) electrons. The van der Waals surface area contributed by atoms with Gasteiger partial charge in [0.2, 0.25) is 5.91 Å². The van der Waals surface area contributed by atoms with Crippen molar-refractivity contribution in [2.75, 3.05) is 39.3 Å². The Labute approximate surface area is 150 Å². The molecule has 0 aromatic heterocycles. The van der Waals surface area contributed by atoms with Crippen LogP contribution in [0.2, 0.25) is 0 Å². The molecule has 6 nitrogen and oxygen atoms in total. The number of ether oxygens (including phenoxy) is 1. The van der Waals surface area contributed by atoms with Crippen LogP contribution in [0.1, 0.15) is 19.4 Å². The molecule has 0 aliphatic carbocycles. The molecule has 1 aromatic carbocycles. The van der Waals surface area contributed by atoms with E-state index in [1.165, 1.54) is 0 Å². The van der Waals surface area contributed by atoms with Crippen molar-refractivity contribution in [3.8, 4) is 0 Å². The Hall–Kier alpha value is -1.47. The van der Waals surface area contributed by atoms with E-state index in [1.807, 2.05) is 40.1 Å². The number of carbonyl (C=O) groups excluding carboxylic acids is 1. The molecule has 2 atom stereocenters. The summed E-state index contributed by atoms with van der Waals surface area (Å²) in [5.74, 6) is 0.429. The van der Waals surface area contributed by atoms with Crippen molar-refractivity contribution < 1.29 is 19.7 Å². The summed E-state index contributed by atoms with van der Waals surface area (Å²) in [6.45, 7) is 6.68. The molecule has 140 valence electrons. The van der Waals surface area contributed by atoms with E-state index in [0.29, 0.717) is 32.2 Å². The highest BCUT2D eigenvalue weighted by molar-refractivity contribution is 5.78. The van der Waals surface area contributed by atoms with Crippen LogP contribution in [0.25, 0.3) is 0 Å². The van der Waals surface area contributed by atoms with E-state index < -0.39 is 6.10 Å². The fraction of sp³-hybridized carbons (Fsp3) is 0.632. The van der Waals surface area contributed by atoms with Gasteiger partial charge >= 0.3 is 0 Å². The molecule has 1 amide bonds. The summed E-state index contributed by atoms with van der Waals surface area (Å²) in [4.78, 5) is 16.3. The molecular weight excluding hydrogens is 320 g/mol. The number of hydrogen-bond acceptors (Lipinski definition) is 5. The maximum atomic E-state index is 12.5. The highest BCUT2D eigenvalue weighted by Crippen LogP contribution is 2.13. The van der Waals surface area contributed by atoms with E-state index in [1.54, 1.807) is 0 Å². The summed E-state index contributed by atoms with van der Waals surface area (Å²) in [6.07, 6.45) is -0.976. The van der Waals surface area contributed by atoms with Crippen LogP contribution in [0.4, 0.5) is 0 Å². The molecule has 2 N–H and O–H groups in total. The van der Waals surface area contributed by atoms with Gasteiger partial charge in [-0.3, -0.25) is 9.69 Å². The first-order chi connectivity index (χ1) is 12.0. The largest absolute Gasteiger partial charge is 0.394 e. The standard InChI is InChI=1S/C19H30N2O4/c1-15(2)8-21-11-18(25-14-16-6-4-3-5-7-16)10-20(12-19(21)24)9-17(23)13-22/h3-7,15,17-18,22-23H,8-14H2,1-2H3/t17-,18+/m0/s1. The number of rotatable bonds is 8. The van der Waals surface area contributed by atoms with Crippen molar-refractivity contribution in [2.45, 2.75) is 32.7 Å². The average molecular weight is 350 g/mol. The number of benzene rings is 1. The van der Waals surface area contributed by atoms with Crippen LogP contribution in [0.15, 0.2) is 30.3 Å². The Morgan fingerprint density at radius 1 is 1.20 bits per heavy atom. The van der Waals surface area contributed by atoms with Gasteiger partial charge in [0.05, 0.1) is 32.0 Å². The van der Waals surface area contributed by atoms with Gasteiger partial charge in [0, 0.05) is 26.2 Å². The van der Waals surface area contributed by atoms with E-state index in [9.17, 15) is 9.90 Å². The van der Waals surface area contributed by atoms with Crippen LogP contribution in [0.3, 0.4) is 0 Å². The Morgan fingerprint density at radius 3 is 2.56 bits per heavy atom. The van der Waals surface area contributed by atoms with E-state index in [-0.39, 0.29) is 31.7 Å². The highest BCUT2D eigenvalue weighted by Gasteiger charge is 2.29. The maximum Gasteiger partial charge on any atom is 0.236 e. The predicted octanol–water partition coefficient (Wildman–Crippen LogP) is 0.725. The van der Waals surface area contributed by atoms with Gasteiger partial charge in [0.15, 0.2) is 0 Å². The van der Waals surface area contributed by atoms with Gasteiger partial charge in [-0.25, -0.2) is 0 Å². The highest BCUT2D eigenvalue weighted by atomic mass is 16.5. The van der Waals surface area contributed by atoms with Crippen LogP contribution >= 0.6 is 0 Å². The Balaban J connectivity index is 2.03. The fourth-order valence-corrected chi connectivity index (χ4v) is 3.05. The minimum absolute atomic E-state index is 0.0460. The molecule has 6 heteroatoms. The molecule has 2 rings (SSSR count). The number of carbonyl (C=O) groups is 1. The molecule has 1 aliphatic heterocycles. The number of nitrogens with zero attached hydrogens (tertiary/aromatic N) is 2. The van der Waals surface area contributed by atoms with Crippen molar-refractivity contribution in [3.63, 3.8) is 0 Å². The molecule has 1 aromatic rings. The van der Waals surface area contributed by atoms with Crippen molar-refractivity contribution in [3.05, 3.63) is 35.9 Å². The molecule has 1 heterocycles. The van der Waals surface area contributed by atoms with Crippen LogP contribution < -0.4 is 0 Å². The summed E-state index contributed by atoms with van der Waals surface area (Å²) in [6, 6.07) is 9.95. The average Bonchev–Trinajstić information content (AvgIpc) is 2.72. The minimum Gasteiger partial charge on any atom is -0.394 e. The maximum absolute atomic E-state index is 12.5. The third-order valence-corrected chi connectivity index (χ3v) is 4.19. The summed E-state index contributed by atoms with van der Waals surface area (Å²) >= 11 is 0. The van der Waals surface area contributed by atoms with E-state index in [0.717, 1.165) is 5.56 Å². The first kappa shape index (κ1) is 19.8. The zero-order valence-electron chi connectivity index (χ0n) is 15.2. The third kappa shape index (κ3) is 6.74. The Kier molecular flexibility index (Phi) is 7.84. The lowest BCUT2D eigenvalue weighted by Crippen LogP contribution is -2.41. The number of hydrogen-bond donors (Lipinski definition) is 2. The van der Waals surface area contributed by atoms with Crippen molar-refractivity contribution in [1.29, 1.82) is 0 Å². The van der Waals surface area contributed by atoms with Crippen LogP contribution in [-0.2, 0) is 16.1 Å². The molecular formula is C19H30N2O4. The number of aliphatic hydroxyl groups excluding tert-OH is 2. The smallest absolute Gasteiger partial charge is 0.236 e. The molecule has 0 spiro atoms. The second-order valence-corrected chi connectivity index (χ2v) is 7.14. The van der Waals surface area contributed by atoms with Crippen LogP contribution in [0.5, 0.6) is 0 Å². The molecule has 0 bridgehead atoms. The molecule has 1 aliphatic rings. The number of β-amino-alcohol motifs (C(OH)–C–C–N with tert-alkyl or cyclic N) is 1. The SMILES string of the molecule is CC(C)CN1C[C@H](OCc2ccccc2)CN(C[C@H](O)CO)CC1=O. The van der Waals surface area contributed by atoms with Crippen LogP contribution in [0, 0.1) is 5.92 Å². The lowest BCUT2D eigenvalue weighted by Gasteiger charge is -2.26. The summed E-state index contributed by atoms with van der Waals surface area (Å²) in [5.41, 5.74) is 1.09. The zero-order valence-corrected chi connectivity index (χ0v) is 15.2. The lowest BCUT2D eigenvalue weighted by atomic mass is 10.2. The number of aliphatic hydroxyl groups is 2.